The molecule has 5 heteroatoms. The van der Waals surface area contributed by atoms with Crippen LogP contribution in [0.4, 0.5) is 5.69 Å². The first-order chi connectivity index (χ1) is 10.0. The highest BCUT2D eigenvalue weighted by Crippen LogP contribution is 2.16. The second kappa shape index (κ2) is 6.29. The van der Waals surface area contributed by atoms with E-state index in [2.05, 4.69) is 5.32 Å². The highest BCUT2D eigenvalue weighted by Gasteiger charge is 2.11. The Labute approximate surface area is 128 Å². The molecule has 0 aliphatic carbocycles. The lowest BCUT2D eigenvalue weighted by atomic mass is 10.2. The second-order valence-corrected chi connectivity index (χ2v) is 5.03. The molecule has 0 saturated carbocycles. The molecule has 2 aromatic rings. The van der Waals surface area contributed by atoms with Crippen LogP contribution in [0.25, 0.3) is 6.08 Å². The van der Waals surface area contributed by atoms with Gasteiger partial charge in [-0.05, 0) is 43.3 Å². The Morgan fingerprint density at radius 3 is 2.71 bits per heavy atom. The molecule has 2 rings (SSSR count). The van der Waals surface area contributed by atoms with Crippen molar-refractivity contribution in [3.05, 3.63) is 58.4 Å². The summed E-state index contributed by atoms with van der Waals surface area (Å²) in [5.41, 5.74) is 2.44. The number of halogens is 1. The first kappa shape index (κ1) is 14.9. The summed E-state index contributed by atoms with van der Waals surface area (Å²) < 4.78 is 1.91. The van der Waals surface area contributed by atoms with Gasteiger partial charge >= 0.3 is 0 Å². The minimum absolute atomic E-state index is 0.0381. The molecular weight excluding hydrogens is 286 g/mol. The summed E-state index contributed by atoms with van der Waals surface area (Å²) in [4.78, 5) is 12.1. The first-order valence-electron chi connectivity index (χ1n) is 6.32. The van der Waals surface area contributed by atoms with E-state index in [1.165, 1.54) is 0 Å². The Morgan fingerprint density at radius 1 is 1.38 bits per heavy atom. The normalized spacial score (nSPS) is 11.0. The molecule has 21 heavy (non-hydrogen) atoms. The minimum Gasteiger partial charge on any atom is -0.348 e. The van der Waals surface area contributed by atoms with Crippen molar-refractivity contribution < 1.29 is 4.79 Å². The van der Waals surface area contributed by atoms with E-state index in [1.807, 2.05) is 36.7 Å². The zero-order chi connectivity index (χ0) is 15.4. The summed E-state index contributed by atoms with van der Waals surface area (Å²) in [7, 11) is 1.88. The predicted molar refractivity (Wildman–Crippen MR) is 83.8 cm³/mol. The Morgan fingerprint density at radius 2 is 2.14 bits per heavy atom. The van der Waals surface area contributed by atoms with Crippen molar-refractivity contribution in [2.24, 2.45) is 7.05 Å². The number of benzene rings is 1. The van der Waals surface area contributed by atoms with Gasteiger partial charge in [0.15, 0.2) is 0 Å². The average molecular weight is 300 g/mol. The van der Waals surface area contributed by atoms with E-state index in [4.69, 9.17) is 11.6 Å². The van der Waals surface area contributed by atoms with Gasteiger partial charge in [-0.3, -0.25) is 4.79 Å². The average Bonchev–Trinajstić information content (AvgIpc) is 2.76. The molecule has 0 unspecified atom stereocenters. The van der Waals surface area contributed by atoms with Crippen molar-refractivity contribution in [2.45, 2.75) is 6.92 Å². The molecule has 1 N–H and O–H groups in total. The van der Waals surface area contributed by atoms with E-state index in [-0.39, 0.29) is 5.57 Å². The molecule has 106 valence electrons. The fourth-order valence-electron chi connectivity index (χ4n) is 1.84. The molecule has 0 saturated heterocycles. The predicted octanol–water partition coefficient (Wildman–Crippen LogP) is 3.53. The quantitative estimate of drug-likeness (QED) is 0.696. The third-order valence-electron chi connectivity index (χ3n) is 3.15. The molecule has 1 aromatic heterocycles. The largest absolute Gasteiger partial charge is 0.348 e. The summed E-state index contributed by atoms with van der Waals surface area (Å²) in [6.45, 7) is 1.95. The van der Waals surface area contributed by atoms with Crippen LogP contribution in [0.3, 0.4) is 0 Å². The van der Waals surface area contributed by atoms with Gasteiger partial charge in [-0.15, -0.1) is 0 Å². The number of amides is 1. The van der Waals surface area contributed by atoms with E-state index in [1.54, 1.807) is 30.3 Å². The number of anilines is 1. The molecule has 0 bridgehead atoms. The third-order valence-corrected chi connectivity index (χ3v) is 3.39. The zero-order valence-corrected chi connectivity index (χ0v) is 12.5. The summed E-state index contributed by atoms with van der Waals surface area (Å²) >= 11 is 5.86. The van der Waals surface area contributed by atoms with Crippen molar-refractivity contribution in [1.82, 2.24) is 4.57 Å². The van der Waals surface area contributed by atoms with Crippen LogP contribution in [-0.4, -0.2) is 10.5 Å². The fourth-order valence-corrected chi connectivity index (χ4v) is 2.03. The smallest absolute Gasteiger partial charge is 0.266 e. The molecule has 1 amide bonds. The van der Waals surface area contributed by atoms with Gasteiger partial charge in [-0.25, -0.2) is 0 Å². The number of aromatic nitrogens is 1. The number of carbonyl (C=O) groups is 1. The summed E-state index contributed by atoms with van der Waals surface area (Å²) in [5.74, 6) is -0.460. The lowest BCUT2D eigenvalue weighted by molar-refractivity contribution is -0.112. The molecule has 0 aliphatic heterocycles. The van der Waals surface area contributed by atoms with Crippen molar-refractivity contribution in [3.8, 4) is 6.07 Å². The first-order valence-corrected chi connectivity index (χ1v) is 6.70. The number of rotatable bonds is 3. The Balaban J connectivity index is 2.24. The number of hydrogen-bond acceptors (Lipinski definition) is 2. The van der Waals surface area contributed by atoms with Gasteiger partial charge in [-0.1, -0.05) is 17.7 Å². The topological polar surface area (TPSA) is 57.8 Å². The van der Waals surface area contributed by atoms with Crippen LogP contribution in [-0.2, 0) is 11.8 Å². The highest BCUT2D eigenvalue weighted by molar-refractivity contribution is 6.31. The minimum atomic E-state index is -0.460. The SMILES string of the molecule is Cc1ccc(/C=C(/C#N)C(=O)Nc2cccc(Cl)c2)n1C. The van der Waals surface area contributed by atoms with Crippen molar-refractivity contribution in [1.29, 1.82) is 5.26 Å². The highest BCUT2D eigenvalue weighted by atomic mass is 35.5. The molecule has 4 nitrogen and oxygen atoms in total. The Kier molecular flexibility index (Phi) is 4.46. The van der Waals surface area contributed by atoms with E-state index in [0.29, 0.717) is 10.7 Å². The number of nitriles is 1. The number of nitrogens with zero attached hydrogens (tertiary/aromatic N) is 2. The van der Waals surface area contributed by atoms with Gasteiger partial charge in [0, 0.05) is 29.1 Å². The van der Waals surface area contributed by atoms with Gasteiger partial charge in [0.05, 0.1) is 0 Å². The van der Waals surface area contributed by atoms with Crippen LogP contribution in [0, 0.1) is 18.3 Å². The molecule has 1 aromatic carbocycles. The van der Waals surface area contributed by atoms with Gasteiger partial charge < -0.3 is 9.88 Å². The van der Waals surface area contributed by atoms with Gasteiger partial charge in [0.1, 0.15) is 11.6 Å². The Bertz CT molecular complexity index is 753. The summed E-state index contributed by atoms with van der Waals surface area (Å²) in [6.07, 6.45) is 1.56. The number of aryl methyl sites for hydroxylation is 1. The maximum atomic E-state index is 12.1. The standard InChI is InChI=1S/C16H14ClN3O/c1-11-6-7-15(20(11)2)8-12(10-18)16(21)19-14-5-3-4-13(17)9-14/h3-9H,1-2H3,(H,19,21)/b12-8-. The molecular formula is C16H14ClN3O. The van der Waals surface area contributed by atoms with Crippen molar-refractivity contribution in [3.63, 3.8) is 0 Å². The molecule has 0 spiro atoms. The number of carbonyl (C=O) groups excluding carboxylic acids is 1. The van der Waals surface area contributed by atoms with Crippen LogP contribution in [0.15, 0.2) is 42.0 Å². The van der Waals surface area contributed by atoms with Crippen LogP contribution < -0.4 is 5.32 Å². The zero-order valence-electron chi connectivity index (χ0n) is 11.7. The summed E-state index contributed by atoms with van der Waals surface area (Å²) in [6, 6.07) is 12.5. The maximum Gasteiger partial charge on any atom is 0.266 e. The van der Waals surface area contributed by atoms with Gasteiger partial charge in [0.25, 0.3) is 5.91 Å². The summed E-state index contributed by atoms with van der Waals surface area (Å²) in [5, 5.41) is 12.4. The monoisotopic (exact) mass is 299 g/mol. The second-order valence-electron chi connectivity index (χ2n) is 4.59. The van der Waals surface area contributed by atoms with Crippen LogP contribution >= 0.6 is 11.6 Å². The van der Waals surface area contributed by atoms with Crippen LogP contribution in [0.5, 0.6) is 0 Å². The van der Waals surface area contributed by atoms with Crippen LogP contribution in [0.2, 0.25) is 5.02 Å². The van der Waals surface area contributed by atoms with Crippen molar-refractivity contribution >= 4 is 29.3 Å². The van der Waals surface area contributed by atoms with Gasteiger partial charge in [-0.2, -0.15) is 5.26 Å². The molecule has 0 atom stereocenters. The van der Waals surface area contributed by atoms with Crippen LogP contribution in [0.1, 0.15) is 11.4 Å². The molecule has 0 aliphatic rings. The number of hydrogen-bond donors (Lipinski definition) is 1. The lowest BCUT2D eigenvalue weighted by Gasteiger charge is -2.05. The fraction of sp³-hybridized carbons (Fsp3) is 0.125. The van der Waals surface area contributed by atoms with E-state index < -0.39 is 5.91 Å². The van der Waals surface area contributed by atoms with Crippen molar-refractivity contribution in [2.75, 3.05) is 5.32 Å². The molecule has 1 heterocycles. The van der Waals surface area contributed by atoms with E-state index >= 15 is 0 Å². The lowest BCUT2D eigenvalue weighted by Crippen LogP contribution is -2.13. The molecule has 0 fully saturated rings. The van der Waals surface area contributed by atoms with E-state index in [0.717, 1.165) is 11.4 Å². The van der Waals surface area contributed by atoms with Gasteiger partial charge in [0.2, 0.25) is 0 Å². The molecule has 0 radical (unpaired) electrons. The number of nitrogens with one attached hydrogen (secondary N) is 1. The van der Waals surface area contributed by atoms with E-state index in [9.17, 15) is 10.1 Å². The third kappa shape index (κ3) is 3.53. The maximum absolute atomic E-state index is 12.1. The Hall–Kier alpha value is -2.51.